The Morgan fingerprint density at radius 2 is 1.62 bits per heavy atom. The van der Waals surface area contributed by atoms with Crippen LogP contribution >= 0.6 is 0 Å². The van der Waals surface area contributed by atoms with Crippen LogP contribution in [0.4, 0.5) is 22.0 Å². The van der Waals surface area contributed by atoms with E-state index in [2.05, 4.69) is 6.92 Å². The first kappa shape index (κ1) is 9.95. The third kappa shape index (κ3) is 1.79. The van der Waals surface area contributed by atoms with Crippen LogP contribution in [0.5, 0.6) is 0 Å². The largest absolute Gasteiger partial charge is 0.416 e. The molecule has 0 aliphatic rings. The maximum atomic E-state index is 12.6. The maximum Gasteiger partial charge on any atom is 0.416 e. The van der Waals surface area contributed by atoms with E-state index in [-0.39, 0.29) is 0 Å². The van der Waals surface area contributed by atoms with E-state index in [0.29, 0.717) is 12.1 Å². The predicted octanol–water partition coefficient (Wildman–Crippen LogP) is 3.17. The zero-order valence-electron chi connectivity index (χ0n) is 6.25. The van der Waals surface area contributed by atoms with Gasteiger partial charge in [-0.2, -0.15) is 13.2 Å². The van der Waals surface area contributed by atoms with Gasteiger partial charge < -0.3 is 0 Å². The van der Waals surface area contributed by atoms with Crippen molar-refractivity contribution in [2.45, 2.75) is 6.18 Å². The number of hydrogen-bond acceptors (Lipinski definition) is 0. The van der Waals surface area contributed by atoms with Crippen molar-refractivity contribution in [3.8, 4) is 0 Å². The minimum atomic E-state index is -4.70. The topological polar surface area (TPSA) is 0 Å². The van der Waals surface area contributed by atoms with Gasteiger partial charge in [-0.25, -0.2) is 8.78 Å². The number of halogens is 5. The molecule has 0 atom stereocenters. The van der Waals surface area contributed by atoms with Crippen LogP contribution in [0, 0.1) is 18.6 Å². The molecule has 1 aromatic rings. The molecular formula is C8H4F5. The van der Waals surface area contributed by atoms with Gasteiger partial charge in [0.1, 0.15) is 0 Å². The second-order valence-corrected chi connectivity index (χ2v) is 2.39. The van der Waals surface area contributed by atoms with Crippen LogP contribution in [-0.2, 0) is 6.18 Å². The minimum absolute atomic E-state index is 0.423. The van der Waals surface area contributed by atoms with Crippen LogP contribution in [0.1, 0.15) is 11.1 Å². The smallest absolute Gasteiger partial charge is 0.204 e. The lowest BCUT2D eigenvalue weighted by molar-refractivity contribution is -0.138. The minimum Gasteiger partial charge on any atom is -0.204 e. The Balaban J connectivity index is 3.35. The third-order valence-electron chi connectivity index (χ3n) is 1.50. The van der Waals surface area contributed by atoms with Gasteiger partial charge in [0.25, 0.3) is 0 Å². The summed E-state index contributed by atoms with van der Waals surface area (Å²) in [5, 5.41) is 0. The highest BCUT2D eigenvalue weighted by Crippen LogP contribution is 2.33. The molecule has 0 aromatic heterocycles. The van der Waals surface area contributed by atoms with Gasteiger partial charge >= 0.3 is 6.18 Å². The van der Waals surface area contributed by atoms with E-state index < -0.39 is 28.9 Å². The summed E-state index contributed by atoms with van der Waals surface area (Å²) in [5.41, 5.74) is -2.22. The van der Waals surface area contributed by atoms with E-state index >= 15 is 0 Å². The molecule has 1 rings (SSSR count). The summed E-state index contributed by atoms with van der Waals surface area (Å²) in [4.78, 5) is 0. The fourth-order valence-corrected chi connectivity index (χ4v) is 0.858. The van der Waals surface area contributed by atoms with E-state index in [4.69, 9.17) is 0 Å². The summed E-state index contributed by atoms with van der Waals surface area (Å²) >= 11 is 0. The summed E-state index contributed by atoms with van der Waals surface area (Å²) < 4.78 is 61.0. The Kier molecular flexibility index (Phi) is 2.28. The fourth-order valence-electron chi connectivity index (χ4n) is 0.858. The first-order chi connectivity index (χ1) is 5.84. The van der Waals surface area contributed by atoms with Gasteiger partial charge in [-0.05, 0) is 19.1 Å². The third-order valence-corrected chi connectivity index (χ3v) is 1.50. The van der Waals surface area contributed by atoms with E-state index in [1.54, 1.807) is 0 Å². The highest BCUT2D eigenvalue weighted by Gasteiger charge is 2.33. The van der Waals surface area contributed by atoms with Crippen molar-refractivity contribution in [2.75, 3.05) is 0 Å². The molecule has 1 radical (unpaired) electrons. The summed E-state index contributed by atoms with van der Waals surface area (Å²) in [6.07, 6.45) is -4.70. The van der Waals surface area contributed by atoms with E-state index in [1.165, 1.54) is 0 Å². The predicted molar refractivity (Wildman–Crippen MR) is 35.8 cm³/mol. The molecule has 71 valence electrons. The molecule has 0 saturated carbocycles. The highest BCUT2D eigenvalue weighted by molar-refractivity contribution is 5.33. The summed E-state index contributed by atoms with van der Waals surface area (Å²) in [6, 6.07) is 0.883. The first-order valence-corrected chi connectivity index (χ1v) is 3.21. The van der Waals surface area contributed by atoms with Crippen molar-refractivity contribution in [3.05, 3.63) is 41.8 Å². The van der Waals surface area contributed by atoms with Gasteiger partial charge in [-0.15, -0.1) is 0 Å². The Bertz CT molecular complexity index is 326. The van der Waals surface area contributed by atoms with E-state index in [0.717, 1.165) is 0 Å². The summed E-state index contributed by atoms with van der Waals surface area (Å²) in [7, 11) is 0. The molecule has 0 amide bonds. The molecule has 13 heavy (non-hydrogen) atoms. The van der Waals surface area contributed by atoms with Crippen LogP contribution < -0.4 is 0 Å². The lowest BCUT2D eigenvalue weighted by Crippen LogP contribution is -2.09. The summed E-state index contributed by atoms with van der Waals surface area (Å²) in [5.74, 6) is -2.90. The van der Waals surface area contributed by atoms with Gasteiger partial charge in [0.2, 0.25) is 0 Å². The maximum absolute atomic E-state index is 12.6. The van der Waals surface area contributed by atoms with Crippen molar-refractivity contribution >= 4 is 0 Å². The molecule has 0 fully saturated rings. The molecule has 0 unspecified atom stereocenters. The van der Waals surface area contributed by atoms with Crippen LogP contribution in [0.25, 0.3) is 0 Å². The zero-order chi connectivity index (χ0) is 10.2. The lowest BCUT2D eigenvalue weighted by atomic mass is 10.1. The normalized spacial score (nSPS) is 11.8. The molecule has 0 N–H and O–H groups in total. The molecule has 0 nitrogen and oxygen atoms in total. The van der Waals surface area contributed by atoms with E-state index in [9.17, 15) is 22.0 Å². The average Bonchev–Trinajstić information content (AvgIpc) is 1.98. The Labute approximate surface area is 71.0 Å². The standard InChI is InChI=1S/C8H4F5/c1-4-5(8(11,12)13)2-3-6(9)7(4)10/h2-3H,1H2. The Morgan fingerprint density at radius 3 is 2.08 bits per heavy atom. The van der Waals surface area contributed by atoms with Crippen molar-refractivity contribution < 1.29 is 22.0 Å². The molecule has 0 saturated heterocycles. The summed E-state index contributed by atoms with van der Waals surface area (Å²) in [6.45, 7) is 2.81. The number of hydrogen-bond donors (Lipinski definition) is 0. The average molecular weight is 195 g/mol. The molecule has 0 spiro atoms. The second kappa shape index (κ2) is 2.97. The Morgan fingerprint density at radius 1 is 1.08 bits per heavy atom. The second-order valence-electron chi connectivity index (χ2n) is 2.39. The van der Waals surface area contributed by atoms with Gasteiger partial charge in [0, 0.05) is 5.56 Å². The zero-order valence-corrected chi connectivity index (χ0v) is 6.25. The van der Waals surface area contributed by atoms with Crippen molar-refractivity contribution in [1.29, 1.82) is 0 Å². The van der Waals surface area contributed by atoms with Crippen molar-refractivity contribution in [3.63, 3.8) is 0 Å². The molecule has 5 heteroatoms. The van der Waals surface area contributed by atoms with Crippen LogP contribution in [0.3, 0.4) is 0 Å². The highest BCUT2D eigenvalue weighted by atomic mass is 19.4. The fraction of sp³-hybridized carbons (Fsp3) is 0.125. The number of rotatable bonds is 0. The van der Waals surface area contributed by atoms with Gasteiger partial charge in [0.05, 0.1) is 5.56 Å². The van der Waals surface area contributed by atoms with Crippen molar-refractivity contribution in [1.82, 2.24) is 0 Å². The van der Waals surface area contributed by atoms with Gasteiger partial charge in [-0.3, -0.25) is 0 Å². The molecule has 1 aromatic carbocycles. The van der Waals surface area contributed by atoms with Gasteiger partial charge in [0.15, 0.2) is 11.6 Å². The molecule has 0 bridgehead atoms. The van der Waals surface area contributed by atoms with Crippen LogP contribution in [-0.4, -0.2) is 0 Å². The molecular weight excluding hydrogens is 191 g/mol. The Hall–Kier alpha value is -1.13. The monoisotopic (exact) mass is 195 g/mol. The number of alkyl halides is 3. The lowest BCUT2D eigenvalue weighted by Gasteiger charge is -2.10. The van der Waals surface area contributed by atoms with Gasteiger partial charge in [-0.1, -0.05) is 0 Å². The van der Waals surface area contributed by atoms with E-state index in [1.807, 2.05) is 0 Å². The molecule has 0 aliphatic heterocycles. The number of benzene rings is 1. The van der Waals surface area contributed by atoms with Crippen molar-refractivity contribution in [2.24, 2.45) is 0 Å². The van der Waals surface area contributed by atoms with Crippen LogP contribution in [0.15, 0.2) is 12.1 Å². The SMILES string of the molecule is [CH2]c1c(C(F)(F)F)ccc(F)c1F. The molecule has 0 aliphatic carbocycles. The van der Waals surface area contributed by atoms with Crippen LogP contribution in [0.2, 0.25) is 0 Å². The molecule has 0 heterocycles. The quantitative estimate of drug-likeness (QED) is 0.558. The first-order valence-electron chi connectivity index (χ1n) is 3.21.